The average molecular weight is 323 g/mol. The van der Waals surface area contributed by atoms with Crippen LogP contribution in [0, 0.1) is 11.6 Å². The first-order chi connectivity index (χ1) is 8.54. The zero-order valence-electron chi connectivity index (χ0n) is 9.73. The Bertz CT molecular complexity index is 430. The van der Waals surface area contributed by atoms with E-state index in [1.54, 1.807) is 0 Å². The number of anilines is 1. The Kier molecular flexibility index (Phi) is 6.00. The summed E-state index contributed by atoms with van der Waals surface area (Å²) in [4.78, 5) is 11.4. The van der Waals surface area contributed by atoms with Crippen molar-refractivity contribution >= 4 is 27.6 Å². The molecule has 0 fully saturated rings. The van der Waals surface area contributed by atoms with E-state index < -0.39 is 17.7 Å². The molecule has 2 amide bonds. The molecule has 1 aromatic rings. The number of halogens is 3. The zero-order chi connectivity index (χ0) is 13.5. The monoisotopic (exact) mass is 322 g/mol. The van der Waals surface area contributed by atoms with Gasteiger partial charge in [-0.2, -0.15) is 0 Å². The third-order valence-electron chi connectivity index (χ3n) is 1.98. The summed E-state index contributed by atoms with van der Waals surface area (Å²) in [6.07, 6.45) is 0. The van der Waals surface area contributed by atoms with Crippen molar-refractivity contribution in [2.24, 2.45) is 0 Å². The van der Waals surface area contributed by atoms with Gasteiger partial charge in [-0.3, -0.25) is 0 Å². The Morgan fingerprint density at radius 2 is 2.17 bits per heavy atom. The van der Waals surface area contributed by atoms with Crippen LogP contribution < -0.4 is 10.6 Å². The minimum absolute atomic E-state index is 0.00357. The lowest BCUT2D eigenvalue weighted by atomic mass is 10.3. The van der Waals surface area contributed by atoms with Crippen molar-refractivity contribution in [2.45, 2.75) is 6.92 Å². The predicted octanol–water partition coefficient (Wildman–Crippen LogP) is 2.89. The molecular weight excluding hydrogens is 310 g/mol. The summed E-state index contributed by atoms with van der Waals surface area (Å²) in [7, 11) is 0. The first-order valence-electron chi connectivity index (χ1n) is 5.31. The van der Waals surface area contributed by atoms with Crippen molar-refractivity contribution in [1.82, 2.24) is 5.32 Å². The number of carbonyl (C=O) groups is 1. The van der Waals surface area contributed by atoms with Gasteiger partial charge >= 0.3 is 6.03 Å². The molecule has 100 valence electrons. The highest BCUT2D eigenvalue weighted by molar-refractivity contribution is 9.10. The van der Waals surface area contributed by atoms with Gasteiger partial charge in [-0.25, -0.2) is 13.6 Å². The first-order valence-corrected chi connectivity index (χ1v) is 6.11. The zero-order valence-corrected chi connectivity index (χ0v) is 11.3. The summed E-state index contributed by atoms with van der Waals surface area (Å²) in [5, 5.41) is 4.83. The molecule has 1 rings (SSSR count). The van der Waals surface area contributed by atoms with Crippen LogP contribution in [0.2, 0.25) is 0 Å². The second-order valence-electron chi connectivity index (χ2n) is 3.33. The summed E-state index contributed by atoms with van der Waals surface area (Å²) >= 11 is 2.93. The van der Waals surface area contributed by atoms with Crippen molar-refractivity contribution in [1.29, 1.82) is 0 Å². The number of rotatable bonds is 5. The molecule has 0 unspecified atom stereocenters. The molecule has 0 heterocycles. The highest BCUT2D eigenvalue weighted by Gasteiger charge is 2.11. The lowest BCUT2D eigenvalue weighted by Crippen LogP contribution is -2.31. The average Bonchev–Trinajstić information content (AvgIpc) is 2.31. The Morgan fingerprint density at radius 1 is 1.44 bits per heavy atom. The number of ether oxygens (including phenoxy) is 1. The summed E-state index contributed by atoms with van der Waals surface area (Å²) < 4.78 is 31.2. The van der Waals surface area contributed by atoms with Crippen LogP contribution in [0.4, 0.5) is 19.3 Å². The number of nitrogens with one attached hydrogen (secondary N) is 2. The number of hydrogen-bond donors (Lipinski definition) is 2. The molecular formula is C11H13BrF2N2O2. The molecule has 0 saturated carbocycles. The van der Waals surface area contributed by atoms with E-state index in [4.69, 9.17) is 4.74 Å². The Morgan fingerprint density at radius 3 is 2.83 bits per heavy atom. The van der Waals surface area contributed by atoms with Crippen LogP contribution in [0.25, 0.3) is 0 Å². The number of amides is 2. The van der Waals surface area contributed by atoms with E-state index in [0.29, 0.717) is 19.8 Å². The van der Waals surface area contributed by atoms with E-state index in [1.165, 1.54) is 0 Å². The normalized spacial score (nSPS) is 10.2. The molecule has 0 radical (unpaired) electrons. The topological polar surface area (TPSA) is 50.4 Å². The van der Waals surface area contributed by atoms with Crippen LogP contribution in [0.3, 0.4) is 0 Å². The van der Waals surface area contributed by atoms with Gasteiger partial charge < -0.3 is 15.4 Å². The van der Waals surface area contributed by atoms with Crippen LogP contribution in [0.1, 0.15) is 6.92 Å². The molecule has 2 N–H and O–H groups in total. The van der Waals surface area contributed by atoms with Crippen molar-refractivity contribution in [3.63, 3.8) is 0 Å². The molecule has 0 atom stereocenters. The number of urea groups is 1. The predicted molar refractivity (Wildman–Crippen MR) is 67.6 cm³/mol. The highest BCUT2D eigenvalue weighted by Crippen LogP contribution is 2.26. The van der Waals surface area contributed by atoms with E-state index in [-0.39, 0.29) is 10.2 Å². The van der Waals surface area contributed by atoms with Crippen molar-refractivity contribution in [2.75, 3.05) is 25.1 Å². The fourth-order valence-corrected chi connectivity index (χ4v) is 1.52. The van der Waals surface area contributed by atoms with Gasteiger partial charge in [0.05, 0.1) is 16.8 Å². The number of benzene rings is 1. The quantitative estimate of drug-likeness (QED) is 0.647. The second-order valence-corrected chi connectivity index (χ2v) is 4.12. The summed E-state index contributed by atoms with van der Waals surface area (Å²) in [6, 6.07) is 1.19. The summed E-state index contributed by atoms with van der Waals surface area (Å²) in [6.45, 7) is 3.09. The Labute approximate surface area is 112 Å². The third kappa shape index (κ3) is 4.58. The van der Waals surface area contributed by atoms with Gasteiger partial charge in [0.25, 0.3) is 0 Å². The Balaban J connectivity index is 2.54. The van der Waals surface area contributed by atoms with Gasteiger partial charge in [0.2, 0.25) is 0 Å². The minimum atomic E-state index is -0.778. The van der Waals surface area contributed by atoms with E-state index >= 15 is 0 Å². The maximum atomic E-state index is 13.2. The van der Waals surface area contributed by atoms with Gasteiger partial charge in [-0.15, -0.1) is 0 Å². The largest absolute Gasteiger partial charge is 0.380 e. The molecule has 18 heavy (non-hydrogen) atoms. The first kappa shape index (κ1) is 14.8. The van der Waals surface area contributed by atoms with Crippen LogP contribution in [-0.4, -0.2) is 25.8 Å². The molecule has 4 nitrogen and oxygen atoms in total. The maximum Gasteiger partial charge on any atom is 0.319 e. The lowest BCUT2D eigenvalue weighted by molar-refractivity contribution is 0.150. The second kappa shape index (κ2) is 7.27. The fourth-order valence-electron chi connectivity index (χ4n) is 1.19. The highest BCUT2D eigenvalue weighted by atomic mass is 79.9. The molecule has 0 spiro atoms. The van der Waals surface area contributed by atoms with E-state index in [0.717, 1.165) is 12.1 Å². The van der Waals surface area contributed by atoms with Crippen molar-refractivity contribution in [3.8, 4) is 0 Å². The third-order valence-corrected chi connectivity index (χ3v) is 2.78. The smallest absolute Gasteiger partial charge is 0.319 e. The van der Waals surface area contributed by atoms with Gasteiger partial charge in [0, 0.05) is 19.2 Å². The number of hydrogen-bond acceptors (Lipinski definition) is 2. The van der Waals surface area contributed by atoms with Crippen LogP contribution >= 0.6 is 15.9 Å². The van der Waals surface area contributed by atoms with E-state index in [1.807, 2.05) is 6.92 Å². The SMILES string of the molecule is CCOCCNC(=O)Nc1cc(F)cc(F)c1Br. The summed E-state index contributed by atoms with van der Waals surface area (Å²) in [5.74, 6) is -1.54. The number of carbonyl (C=O) groups excluding carboxylic acids is 1. The van der Waals surface area contributed by atoms with Crippen molar-refractivity contribution in [3.05, 3.63) is 28.2 Å². The van der Waals surface area contributed by atoms with Gasteiger partial charge in [-0.1, -0.05) is 0 Å². The molecule has 1 aromatic carbocycles. The minimum Gasteiger partial charge on any atom is -0.380 e. The van der Waals surface area contributed by atoms with Crippen LogP contribution in [-0.2, 0) is 4.74 Å². The van der Waals surface area contributed by atoms with E-state index in [9.17, 15) is 13.6 Å². The van der Waals surface area contributed by atoms with Crippen molar-refractivity contribution < 1.29 is 18.3 Å². The fraction of sp³-hybridized carbons (Fsp3) is 0.364. The van der Waals surface area contributed by atoms with E-state index in [2.05, 4.69) is 26.6 Å². The van der Waals surface area contributed by atoms with Gasteiger partial charge in [0.15, 0.2) is 0 Å². The summed E-state index contributed by atoms with van der Waals surface area (Å²) in [5.41, 5.74) is 0.0291. The van der Waals surface area contributed by atoms with Gasteiger partial charge in [0.1, 0.15) is 11.6 Å². The van der Waals surface area contributed by atoms with Gasteiger partial charge in [-0.05, 0) is 28.9 Å². The molecule has 0 aliphatic carbocycles. The molecule has 0 aliphatic rings. The van der Waals surface area contributed by atoms with Crippen LogP contribution in [0.15, 0.2) is 16.6 Å². The molecule has 7 heteroatoms. The molecule has 0 aromatic heterocycles. The lowest BCUT2D eigenvalue weighted by Gasteiger charge is -2.09. The maximum absolute atomic E-state index is 13.2. The molecule has 0 bridgehead atoms. The molecule has 0 saturated heterocycles. The standard InChI is InChI=1S/C11H13BrF2N2O2/c1-2-18-4-3-15-11(17)16-9-6-7(13)5-8(14)10(9)12/h5-6H,2-4H2,1H3,(H2,15,16,17). The molecule has 0 aliphatic heterocycles. The Hall–Kier alpha value is -1.21. The van der Waals surface area contributed by atoms with Crippen LogP contribution in [0.5, 0.6) is 0 Å².